The molecule has 5 nitrogen and oxygen atoms in total. The average Bonchev–Trinajstić information content (AvgIpc) is 3.11. The largest absolute Gasteiger partial charge is 0.496 e. The predicted molar refractivity (Wildman–Crippen MR) is 83.5 cm³/mol. The Balaban J connectivity index is 1.96. The number of aromatic nitrogens is 2. The molecule has 0 spiro atoms. The molecule has 1 N–H and O–H groups in total. The molecule has 1 heterocycles. The van der Waals surface area contributed by atoms with E-state index < -0.39 is 0 Å². The number of aryl methyl sites for hydroxylation is 1. The molecule has 5 heteroatoms. The molecule has 22 heavy (non-hydrogen) atoms. The van der Waals surface area contributed by atoms with Gasteiger partial charge in [-0.3, -0.25) is 4.79 Å². The Kier molecular flexibility index (Phi) is 3.88. The number of amides is 1. The van der Waals surface area contributed by atoms with Crippen molar-refractivity contribution in [1.29, 1.82) is 0 Å². The van der Waals surface area contributed by atoms with Crippen LogP contribution in [0.15, 0.2) is 36.7 Å². The summed E-state index contributed by atoms with van der Waals surface area (Å²) in [4.78, 5) is 16.8. The molecule has 1 amide bonds. The molecule has 1 aromatic carbocycles. The fourth-order valence-corrected chi connectivity index (χ4v) is 2.78. The molecule has 3 rings (SSSR count). The number of nitrogens with one attached hydrogen (secondary N) is 1. The Morgan fingerprint density at radius 2 is 2.18 bits per heavy atom. The Labute approximate surface area is 130 Å². The minimum atomic E-state index is -0.309. The number of imidazole rings is 1. The molecule has 116 valence electrons. The summed E-state index contributed by atoms with van der Waals surface area (Å²) in [5.74, 6) is 2.23. The van der Waals surface area contributed by atoms with Gasteiger partial charge in [0.2, 0.25) is 5.91 Å². The molecule has 0 unspecified atom stereocenters. The third kappa shape index (κ3) is 2.71. The van der Waals surface area contributed by atoms with Gasteiger partial charge in [-0.2, -0.15) is 0 Å². The van der Waals surface area contributed by atoms with Crippen LogP contribution in [0.25, 0.3) is 0 Å². The number of carbonyl (C=O) groups excluding carboxylic acids is 1. The van der Waals surface area contributed by atoms with E-state index in [4.69, 9.17) is 4.74 Å². The molecule has 1 aromatic heterocycles. The van der Waals surface area contributed by atoms with Crippen molar-refractivity contribution in [3.63, 3.8) is 0 Å². The smallest absolute Gasteiger partial charge is 0.224 e. The highest BCUT2D eigenvalue weighted by Gasteiger charge is 2.40. The number of rotatable bonds is 5. The third-order valence-electron chi connectivity index (χ3n) is 4.30. The fourth-order valence-electron chi connectivity index (χ4n) is 2.78. The number of benzene rings is 1. The van der Waals surface area contributed by atoms with Crippen LogP contribution >= 0.6 is 0 Å². The molecule has 2 aromatic rings. The summed E-state index contributed by atoms with van der Waals surface area (Å²) in [5, 5.41) is 3.14. The van der Waals surface area contributed by atoms with E-state index in [1.165, 1.54) is 0 Å². The summed E-state index contributed by atoms with van der Waals surface area (Å²) < 4.78 is 7.38. The highest BCUT2D eigenvalue weighted by Crippen LogP contribution is 2.39. The maximum atomic E-state index is 12.4. The van der Waals surface area contributed by atoms with E-state index in [9.17, 15) is 4.79 Å². The predicted octanol–water partition coefficient (Wildman–Crippen LogP) is 2.29. The maximum Gasteiger partial charge on any atom is 0.224 e. The second-order valence-corrected chi connectivity index (χ2v) is 5.90. The summed E-state index contributed by atoms with van der Waals surface area (Å²) in [6, 6.07) is 7.42. The zero-order chi connectivity index (χ0) is 15.7. The number of ether oxygens (including phenoxy) is 1. The molecule has 0 radical (unpaired) electrons. The van der Waals surface area contributed by atoms with Crippen molar-refractivity contribution in [3.05, 3.63) is 48.0 Å². The van der Waals surface area contributed by atoms with Crippen LogP contribution in [0, 0.1) is 11.8 Å². The van der Waals surface area contributed by atoms with E-state index in [0.717, 1.165) is 23.6 Å². The molecule has 1 aliphatic carbocycles. The number of hydrogen-bond donors (Lipinski definition) is 1. The lowest BCUT2D eigenvalue weighted by Gasteiger charge is -2.21. The van der Waals surface area contributed by atoms with E-state index in [1.54, 1.807) is 13.3 Å². The lowest BCUT2D eigenvalue weighted by molar-refractivity contribution is -0.123. The topological polar surface area (TPSA) is 56.1 Å². The van der Waals surface area contributed by atoms with Gasteiger partial charge in [0.15, 0.2) is 0 Å². The van der Waals surface area contributed by atoms with Crippen LogP contribution in [-0.2, 0) is 11.8 Å². The van der Waals surface area contributed by atoms with Crippen molar-refractivity contribution < 1.29 is 9.53 Å². The summed E-state index contributed by atoms with van der Waals surface area (Å²) in [7, 11) is 3.57. The summed E-state index contributed by atoms with van der Waals surface area (Å²) in [5.41, 5.74) is 0.918. The van der Waals surface area contributed by atoms with Gasteiger partial charge >= 0.3 is 0 Å². The second-order valence-electron chi connectivity index (χ2n) is 5.90. The highest BCUT2D eigenvalue weighted by atomic mass is 16.5. The van der Waals surface area contributed by atoms with Crippen molar-refractivity contribution in [2.24, 2.45) is 18.9 Å². The van der Waals surface area contributed by atoms with E-state index in [0.29, 0.717) is 5.92 Å². The first-order valence-electron chi connectivity index (χ1n) is 7.52. The molecular formula is C17H21N3O2. The molecule has 1 aliphatic rings. The van der Waals surface area contributed by atoms with Crippen molar-refractivity contribution in [3.8, 4) is 5.75 Å². The van der Waals surface area contributed by atoms with E-state index >= 15 is 0 Å². The standard InChI is InChI=1S/C17H21N3O2/c1-11-10-13(11)17(21)19-15(16-18-8-9-20(16)2)12-6-4-5-7-14(12)22-3/h4-9,11,13,15H,10H2,1-3H3,(H,19,21)/t11-,13-,15+/m1/s1. The summed E-state index contributed by atoms with van der Waals surface area (Å²) >= 11 is 0. The second kappa shape index (κ2) is 5.83. The molecular weight excluding hydrogens is 278 g/mol. The average molecular weight is 299 g/mol. The number of hydrogen-bond acceptors (Lipinski definition) is 3. The van der Waals surface area contributed by atoms with Gasteiger partial charge < -0.3 is 14.6 Å². The molecule has 0 bridgehead atoms. The van der Waals surface area contributed by atoms with Crippen molar-refractivity contribution in [1.82, 2.24) is 14.9 Å². The van der Waals surface area contributed by atoms with Gasteiger partial charge in [-0.15, -0.1) is 0 Å². The van der Waals surface area contributed by atoms with E-state index in [2.05, 4.69) is 17.2 Å². The zero-order valence-electron chi connectivity index (χ0n) is 13.1. The number of carbonyl (C=O) groups is 1. The fraction of sp³-hybridized carbons (Fsp3) is 0.412. The van der Waals surface area contributed by atoms with E-state index in [-0.39, 0.29) is 17.9 Å². The van der Waals surface area contributed by atoms with Crippen LogP contribution in [0.5, 0.6) is 5.75 Å². The Hall–Kier alpha value is -2.30. The first-order chi connectivity index (χ1) is 10.6. The van der Waals surface area contributed by atoms with Crippen LogP contribution in [0.2, 0.25) is 0 Å². The van der Waals surface area contributed by atoms with Crippen LogP contribution in [-0.4, -0.2) is 22.6 Å². The Bertz CT molecular complexity index is 680. The summed E-state index contributed by atoms with van der Waals surface area (Å²) in [6.07, 6.45) is 4.58. The van der Waals surface area contributed by atoms with Crippen molar-refractivity contribution in [2.75, 3.05) is 7.11 Å². The van der Waals surface area contributed by atoms with Gasteiger partial charge in [-0.05, 0) is 18.4 Å². The number of nitrogens with zero attached hydrogens (tertiary/aromatic N) is 2. The maximum absolute atomic E-state index is 12.4. The third-order valence-corrected chi connectivity index (χ3v) is 4.30. The quantitative estimate of drug-likeness (QED) is 0.921. The van der Waals surface area contributed by atoms with Gasteiger partial charge in [0.05, 0.1) is 7.11 Å². The molecule has 1 fully saturated rings. The van der Waals surface area contributed by atoms with Gasteiger partial charge in [0, 0.05) is 30.9 Å². The SMILES string of the molecule is COc1ccccc1[C@H](NC(=O)[C@@H]1C[C@H]1C)c1nccn1C. The normalized spacial score (nSPS) is 21.2. The molecule has 0 saturated heterocycles. The number of methoxy groups -OCH3 is 1. The van der Waals surface area contributed by atoms with Gasteiger partial charge in [-0.1, -0.05) is 25.1 Å². The minimum Gasteiger partial charge on any atom is -0.496 e. The van der Waals surface area contributed by atoms with Crippen molar-refractivity contribution in [2.45, 2.75) is 19.4 Å². The minimum absolute atomic E-state index is 0.0893. The van der Waals surface area contributed by atoms with Gasteiger partial charge in [-0.25, -0.2) is 4.98 Å². The van der Waals surface area contributed by atoms with Crippen LogP contribution < -0.4 is 10.1 Å². The van der Waals surface area contributed by atoms with Crippen LogP contribution in [0.1, 0.15) is 30.8 Å². The molecule has 0 aliphatic heterocycles. The molecule has 1 saturated carbocycles. The lowest BCUT2D eigenvalue weighted by Crippen LogP contribution is -2.32. The zero-order valence-corrected chi connectivity index (χ0v) is 13.1. The first-order valence-corrected chi connectivity index (χ1v) is 7.52. The van der Waals surface area contributed by atoms with Gasteiger partial charge in [0.25, 0.3) is 0 Å². The monoisotopic (exact) mass is 299 g/mol. The lowest BCUT2D eigenvalue weighted by atomic mass is 10.0. The van der Waals surface area contributed by atoms with Gasteiger partial charge in [0.1, 0.15) is 17.6 Å². The number of para-hydroxylation sites is 1. The highest BCUT2D eigenvalue weighted by molar-refractivity contribution is 5.82. The van der Waals surface area contributed by atoms with E-state index in [1.807, 2.05) is 42.1 Å². The van der Waals surface area contributed by atoms with Crippen LogP contribution in [0.4, 0.5) is 0 Å². The molecule has 3 atom stereocenters. The summed E-state index contributed by atoms with van der Waals surface area (Å²) in [6.45, 7) is 2.10. The Morgan fingerprint density at radius 3 is 2.77 bits per heavy atom. The van der Waals surface area contributed by atoms with Crippen molar-refractivity contribution >= 4 is 5.91 Å². The Morgan fingerprint density at radius 1 is 1.45 bits per heavy atom. The van der Waals surface area contributed by atoms with Crippen LogP contribution in [0.3, 0.4) is 0 Å². The first kappa shape index (κ1) is 14.6.